The Balaban J connectivity index is 1.62. The fraction of sp³-hybridized carbons (Fsp3) is 0.481. The highest BCUT2D eigenvalue weighted by Gasteiger charge is 2.20. The van der Waals surface area contributed by atoms with Crippen molar-refractivity contribution in [1.29, 1.82) is 0 Å². The predicted octanol–water partition coefficient (Wildman–Crippen LogP) is 5.36. The van der Waals surface area contributed by atoms with E-state index in [4.69, 9.17) is 29.2 Å². The second-order valence-electron chi connectivity index (χ2n) is 9.03. The van der Waals surface area contributed by atoms with E-state index in [9.17, 15) is 4.79 Å². The molecule has 0 radical (unpaired) electrons. The van der Waals surface area contributed by atoms with Gasteiger partial charge in [0.15, 0.2) is 0 Å². The molecular formula is C27H37N5O6. The molecule has 0 N–H and O–H groups in total. The zero-order chi connectivity index (χ0) is 27.6. The van der Waals surface area contributed by atoms with E-state index in [1.165, 1.54) is 4.90 Å². The molecule has 0 spiro atoms. The number of rotatable bonds is 16. The highest BCUT2D eigenvalue weighted by molar-refractivity contribution is 5.87. The summed E-state index contributed by atoms with van der Waals surface area (Å²) in [6.45, 7) is 8.85. The Morgan fingerprint density at radius 2 is 1.50 bits per heavy atom. The van der Waals surface area contributed by atoms with Crippen molar-refractivity contribution in [2.45, 2.75) is 26.4 Å². The van der Waals surface area contributed by atoms with Gasteiger partial charge in [-0.05, 0) is 55.6 Å². The highest BCUT2D eigenvalue weighted by atomic mass is 16.6. The van der Waals surface area contributed by atoms with Gasteiger partial charge >= 0.3 is 6.09 Å². The average molecular weight is 528 g/mol. The van der Waals surface area contributed by atoms with Gasteiger partial charge in [0.05, 0.1) is 39.6 Å². The molecule has 0 saturated carbocycles. The normalized spacial score (nSPS) is 11.3. The number of hydrogen-bond donors (Lipinski definition) is 0. The van der Waals surface area contributed by atoms with Gasteiger partial charge in [0.2, 0.25) is 5.88 Å². The third-order valence-electron chi connectivity index (χ3n) is 4.80. The van der Waals surface area contributed by atoms with E-state index in [-0.39, 0.29) is 0 Å². The highest BCUT2D eigenvalue weighted by Crippen LogP contribution is 2.19. The maximum atomic E-state index is 12.2. The summed E-state index contributed by atoms with van der Waals surface area (Å²) < 4.78 is 27.1. The maximum absolute atomic E-state index is 12.2. The maximum Gasteiger partial charge on any atom is 0.414 e. The van der Waals surface area contributed by atoms with E-state index in [2.05, 4.69) is 15.0 Å². The second kappa shape index (κ2) is 17.0. The van der Waals surface area contributed by atoms with Crippen LogP contribution in [0.3, 0.4) is 0 Å². The molecule has 0 aliphatic heterocycles. The van der Waals surface area contributed by atoms with Crippen molar-refractivity contribution in [2.75, 3.05) is 64.7 Å². The van der Waals surface area contributed by atoms with Crippen molar-refractivity contribution in [1.82, 2.24) is 4.98 Å². The van der Waals surface area contributed by atoms with Gasteiger partial charge < -0.3 is 23.7 Å². The first-order valence-corrected chi connectivity index (χ1v) is 12.4. The Morgan fingerprint density at radius 1 is 0.921 bits per heavy atom. The van der Waals surface area contributed by atoms with Gasteiger partial charge in [0.25, 0.3) is 0 Å². The summed E-state index contributed by atoms with van der Waals surface area (Å²) in [5.41, 5.74) is 10.3. The fourth-order valence-electron chi connectivity index (χ4n) is 2.91. The van der Waals surface area contributed by atoms with E-state index in [1.54, 1.807) is 13.2 Å². The first kappa shape index (κ1) is 30.6. The lowest BCUT2D eigenvalue weighted by Crippen LogP contribution is -2.34. The number of azide groups is 1. The SMILES string of the molecule is CN(C(=O)OC(C)(C)C)c1ccc(/C=C/c2ccc(OCCOCCOCCOCCN=[N+]=[N-])nc2)cc1. The number of aromatic nitrogens is 1. The number of hydrogen-bond acceptors (Lipinski definition) is 8. The largest absolute Gasteiger partial charge is 0.475 e. The van der Waals surface area contributed by atoms with Gasteiger partial charge in [0.1, 0.15) is 12.2 Å². The molecule has 1 amide bonds. The Kier molecular flexibility index (Phi) is 13.7. The van der Waals surface area contributed by atoms with Crippen LogP contribution in [0.5, 0.6) is 5.88 Å². The lowest BCUT2D eigenvalue weighted by atomic mass is 10.1. The Bertz CT molecular complexity index is 1030. The average Bonchev–Trinajstić information content (AvgIpc) is 2.89. The third kappa shape index (κ3) is 13.1. The van der Waals surface area contributed by atoms with Crippen LogP contribution in [0.1, 0.15) is 31.9 Å². The van der Waals surface area contributed by atoms with Crippen molar-refractivity contribution in [2.24, 2.45) is 5.11 Å². The molecule has 2 rings (SSSR count). The summed E-state index contributed by atoms with van der Waals surface area (Å²) in [6.07, 6.45) is 5.27. The molecule has 11 heteroatoms. The fourth-order valence-corrected chi connectivity index (χ4v) is 2.91. The molecule has 0 aliphatic rings. The molecule has 0 saturated heterocycles. The minimum absolute atomic E-state index is 0.320. The number of pyridine rings is 1. The number of amides is 1. The smallest absolute Gasteiger partial charge is 0.414 e. The standard InChI is InChI=1S/C27H37N5O6/c1-27(2,3)38-26(33)32(4)24-10-7-22(8-11-24)5-6-23-9-12-25(29-21-23)37-20-19-36-18-17-35-16-15-34-14-13-30-31-28/h5-12,21H,13-20H2,1-4H3/b6-5+. The van der Waals surface area contributed by atoms with Gasteiger partial charge in [-0.25, -0.2) is 9.78 Å². The number of nitrogens with zero attached hydrogens (tertiary/aromatic N) is 5. The molecule has 1 aromatic carbocycles. The zero-order valence-electron chi connectivity index (χ0n) is 22.5. The van der Waals surface area contributed by atoms with Crippen LogP contribution in [0.2, 0.25) is 0 Å². The quantitative estimate of drug-likeness (QED) is 0.124. The number of ether oxygens (including phenoxy) is 5. The molecule has 0 unspecified atom stereocenters. The molecule has 1 aromatic heterocycles. The molecule has 0 atom stereocenters. The predicted molar refractivity (Wildman–Crippen MR) is 146 cm³/mol. The zero-order valence-corrected chi connectivity index (χ0v) is 22.5. The van der Waals surface area contributed by atoms with Crippen LogP contribution >= 0.6 is 0 Å². The number of carbonyl (C=O) groups excluding carboxylic acids is 1. The molecule has 206 valence electrons. The van der Waals surface area contributed by atoms with Gasteiger partial charge in [0, 0.05) is 36.5 Å². The lowest BCUT2D eigenvalue weighted by molar-refractivity contribution is 0.0103. The minimum Gasteiger partial charge on any atom is -0.475 e. The van der Waals surface area contributed by atoms with Gasteiger partial charge in [-0.2, -0.15) is 0 Å². The first-order chi connectivity index (χ1) is 18.3. The lowest BCUT2D eigenvalue weighted by Gasteiger charge is -2.24. The summed E-state index contributed by atoms with van der Waals surface area (Å²) in [4.78, 5) is 20.7. The van der Waals surface area contributed by atoms with E-state index in [0.29, 0.717) is 58.7 Å². The van der Waals surface area contributed by atoms with Crippen LogP contribution in [-0.2, 0) is 18.9 Å². The molecule has 0 fully saturated rings. The van der Waals surface area contributed by atoms with Crippen molar-refractivity contribution in [3.05, 3.63) is 64.2 Å². The number of benzene rings is 1. The monoisotopic (exact) mass is 527 g/mol. The first-order valence-electron chi connectivity index (χ1n) is 12.4. The summed E-state index contributed by atoms with van der Waals surface area (Å²) in [5, 5.41) is 3.37. The summed E-state index contributed by atoms with van der Waals surface area (Å²) in [6, 6.07) is 11.3. The van der Waals surface area contributed by atoms with E-state index < -0.39 is 11.7 Å². The Morgan fingerprint density at radius 3 is 2.08 bits per heavy atom. The third-order valence-corrected chi connectivity index (χ3v) is 4.80. The molecule has 1 heterocycles. The van der Waals surface area contributed by atoms with Crippen LogP contribution in [0.4, 0.5) is 10.5 Å². The van der Waals surface area contributed by atoms with Crippen LogP contribution < -0.4 is 9.64 Å². The van der Waals surface area contributed by atoms with Crippen LogP contribution in [0, 0.1) is 0 Å². The van der Waals surface area contributed by atoms with Crippen molar-refractivity contribution in [3.8, 4) is 5.88 Å². The van der Waals surface area contributed by atoms with Crippen molar-refractivity contribution in [3.63, 3.8) is 0 Å². The summed E-state index contributed by atoms with van der Waals surface area (Å²) >= 11 is 0. The number of carbonyl (C=O) groups is 1. The molecule has 2 aromatic rings. The molecular weight excluding hydrogens is 490 g/mol. The molecule has 0 bridgehead atoms. The molecule has 38 heavy (non-hydrogen) atoms. The topological polar surface area (TPSA) is 128 Å². The van der Waals surface area contributed by atoms with E-state index in [0.717, 1.165) is 16.8 Å². The molecule has 11 nitrogen and oxygen atoms in total. The number of anilines is 1. The summed E-state index contributed by atoms with van der Waals surface area (Å²) in [5.74, 6) is 0.523. The van der Waals surface area contributed by atoms with Gasteiger partial charge in [-0.15, -0.1) is 0 Å². The van der Waals surface area contributed by atoms with E-state index >= 15 is 0 Å². The van der Waals surface area contributed by atoms with Crippen LogP contribution in [-0.4, -0.2) is 76.5 Å². The van der Waals surface area contributed by atoms with Crippen LogP contribution in [0.25, 0.3) is 22.6 Å². The molecule has 0 aliphatic carbocycles. The Labute approximate surface area is 223 Å². The summed E-state index contributed by atoms with van der Waals surface area (Å²) in [7, 11) is 1.69. The van der Waals surface area contributed by atoms with Gasteiger partial charge in [-0.1, -0.05) is 29.4 Å². The Hall–Kier alpha value is -3.63. The minimum atomic E-state index is -0.542. The van der Waals surface area contributed by atoms with Gasteiger partial charge in [-0.3, -0.25) is 4.90 Å². The van der Waals surface area contributed by atoms with E-state index in [1.807, 2.05) is 69.3 Å². The van der Waals surface area contributed by atoms with Crippen LogP contribution in [0.15, 0.2) is 47.7 Å². The second-order valence-corrected chi connectivity index (χ2v) is 9.03. The van der Waals surface area contributed by atoms with Crippen molar-refractivity contribution < 1.29 is 28.5 Å². The van der Waals surface area contributed by atoms with Crippen molar-refractivity contribution >= 4 is 23.9 Å².